The van der Waals surface area contributed by atoms with Crippen molar-refractivity contribution < 1.29 is 18.7 Å². The van der Waals surface area contributed by atoms with E-state index in [9.17, 15) is 4.79 Å². The maximum absolute atomic E-state index is 12.4. The number of nitrogens with zero attached hydrogens (tertiary/aromatic N) is 1. The van der Waals surface area contributed by atoms with E-state index < -0.39 is 5.97 Å². The van der Waals surface area contributed by atoms with Gasteiger partial charge in [0.05, 0.1) is 6.61 Å². The molecule has 0 atom stereocenters. The molecule has 1 saturated heterocycles. The lowest BCUT2D eigenvalue weighted by molar-refractivity contribution is 0.0444. The number of hydrogen-bond acceptors (Lipinski definition) is 5. The Kier molecular flexibility index (Phi) is 6.31. The van der Waals surface area contributed by atoms with Crippen molar-refractivity contribution in [1.29, 1.82) is 0 Å². The van der Waals surface area contributed by atoms with Crippen LogP contribution in [0.5, 0.6) is 11.7 Å². The molecule has 0 unspecified atom stereocenters. The molecular weight excluding hydrogens is 450 g/mol. The molecule has 4 aromatic carbocycles. The van der Waals surface area contributed by atoms with E-state index in [1.165, 1.54) is 35.4 Å². The van der Waals surface area contributed by atoms with Crippen LogP contribution < -0.4 is 4.74 Å². The molecule has 1 aliphatic rings. The molecule has 5 nitrogen and oxygen atoms in total. The Morgan fingerprint density at radius 2 is 1.50 bits per heavy atom. The highest BCUT2D eigenvalue weighted by atomic mass is 16.6. The lowest BCUT2D eigenvalue weighted by atomic mass is 9.99. The van der Waals surface area contributed by atoms with Crippen molar-refractivity contribution in [2.75, 3.05) is 26.2 Å². The minimum Gasteiger partial charge on any atom is -0.460 e. The second-order valence-corrected chi connectivity index (χ2v) is 9.49. The van der Waals surface area contributed by atoms with Crippen LogP contribution in [0.2, 0.25) is 0 Å². The van der Waals surface area contributed by atoms with E-state index in [-0.39, 0.29) is 11.7 Å². The van der Waals surface area contributed by atoms with Gasteiger partial charge in [-0.25, -0.2) is 4.79 Å². The first-order valence-electron chi connectivity index (χ1n) is 12.8. The zero-order valence-corrected chi connectivity index (χ0v) is 20.2. The van der Waals surface area contributed by atoms with Gasteiger partial charge in [-0.1, -0.05) is 42.8 Å². The van der Waals surface area contributed by atoms with Crippen LogP contribution >= 0.6 is 0 Å². The summed E-state index contributed by atoms with van der Waals surface area (Å²) in [4.78, 5) is 14.9. The molecule has 5 aromatic rings. The molecule has 0 aliphatic carbocycles. The van der Waals surface area contributed by atoms with Crippen molar-refractivity contribution >= 4 is 38.3 Å². The molecule has 0 N–H and O–H groups in total. The van der Waals surface area contributed by atoms with E-state index >= 15 is 0 Å². The number of hydrogen-bond donors (Lipinski definition) is 0. The van der Waals surface area contributed by atoms with E-state index in [0.717, 1.165) is 42.2 Å². The van der Waals surface area contributed by atoms with Crippen molar-refractivity contribution in [3.63, 3.8) is 0 Å². The fourth-order valence-corrected chi connectivity index (χ4v) is 5.08. The smallest absolute Gasteiger partial charge is 0.374 e. The average molecular weight is 480 g/mol. The molecule has 6 rings (SSSR count). The Hall–Kier alpha value is -3.83. The zero-order chi connectivity index (χ0) is 24.3. The molecule has 0 radical (unpaired) electrons. The Bertz CT molecular complexity index is 1530. The minimum absolute atomic E-state index is 0.153. The molecule has 0 spiro atoms. The number of furan rings is 1. The van der Waals surface area contributed by atoms with Crippen molar-refractivity contribution in [1.82, 2.24) is 4.90 Å². The topological polar surface area (TPSA) is 51.9 Å². The van der Waals surface area contributed by atoms with Crippen LogP contribution in [0.4, 0.5) is 0 Å². The second kappa shape index (κ2) is 10.0. The monoisotopic (exact) mass is 479 g/mol. The molecule has 182 valence electrons. The van der Waals surface area contributed by atoms with Crippen LogP contribution in [0.3, 0.4) is 0 Å². The van der Waals surface area contributed by atoms with Gasteiger partial charge in [-0.3, -0.25) is 0 Å². The number of carbonyl (C=O) groups is 1. The SMILES string of the molecule is O=C(OCCCN1CCCCC1)c1ccc(Oc2cccc3cc4cc5ccccc5cc4cc23)o1. The third-order valence-electron chi connectivity index (χ3n) is 6.96. The molecule has 1 fully saturated rings. The fraction of sp³-hybridized carbons (Fsp3) is 0.258. The van der Waals surface area contributed by atoms with Crippen LogP contribution in [0.25, 0.3) is 32.3 Å². The van der Waals surface area contributed by atoms with Crippen molar-refractivity contribution in [3.05, 3.63) is 84.6 Å². The molecule has 0 bridgehead atoms. The summed E-state index contributed by atoms with van der Waals surface area (Å²) in [5.74, 6) is 0.638. The molecule has 2 heterocycles. The van der Waals surface area contributed by atoms with Gasteiger partial charge in [0.2, 0.25) is 5.76 Å². The van der Waals surface area contributed by atoms with Crippen LogP contribution in [0.1, 0.15) is 36.2 Å². The summed E-state index contributed by atoms with van der Waals surface area (Å²) in [6, 6.07) is 26.3. The third kappa shape index (κ3) is 4.79. The number of esters is 1. The van der Waals surface area contributed by atoms with Gasteiger partial charge in [0.1, 0.15) is 5.75 Å². The maximum Gasteiger partial charge on any atom is 0.374 e. The van der Waals surface area contributed by atoms with Crippen LogP contribution in [0.15, 0.2) is 83.3 Å². The number of likely N-dealkylation sites (tertiary alicyclic amines) is 1. The predicted molar refractivity (Wildman–Crippen MR) is 143 cm³/mol. The van der Waals surface area contributed by atoms with E-state index in [2.05, 4.69) is 59.5 Å². The van der Waals surface area contributed by atoms with Gasteiger partial charge in [-0.2, -0.15) is 0 Å². The van der Waals surface area contributed by atoms with E-state index in [4.69, 9.17) is 13.9 Å². The van der Waals surface area contributed by atoms with Crippen molar-refractivity contribution in [2.45, 2.75) is 25.7 Å². The highest BCUT2D eigenvalue weighted by Gasteiger charge is 2.16. The molecular formula is C31H29NO4. The Labute approximate surface area is 210 Å². The summed E-state index contributed by atoms with van der Waals surface area (Å²) in [5.41, 5.74) is 0. The van der Waals surface area contributed by atoms with E-state index in [1.54, 1.807) is 12.1 Å². The predicted octanol–water partition coefficient (Wildman–Crippen LogP) is 7.56. The summed E-state index contributed by atoms with van der Waals surface area (Å²) >= 11 is 0. The molecule has 5 heteroatoms. The lowest BCUT2D eigenvalue weighted by Crippen LogP contribution is -2.31. The molecule has 0 amide bonds. The Morgan fingerprint density at radius 3 is 2.31 bits per heavy atom. The van der Waals surface area contributed by atoms with Gasteiger partial charge >= 0.3 is 5.97 Å². The number of ether oxygens (including phenoxy) is 2. The lowest BCUT2D eigenvalue weighted by Gasteiger charge is -2.26. The third-order valence-corrected chi connectivity index (χ3v) is 6.96. The number of piperidine rings is 1. The standard InChI is InChI=1S/C31H29NO4/c33-31(34-17-7-16-32-14-4-1-5-15-32)29-12-13-30(36-29)35-28-11-6-10-24-20-25-18-22-8-2-3-9-23(22)19-26(25)21-27(24)28/h2-3,6,8-13,18-21H,1,4-5,7,14-17H2. The van der Waals surface area contributed by atoms with E-state index in [0.29, 0.717) is 12.4 Å². The van der Waals surface area contributed by atoms with Gasteiger partial charge in [0.25, 0.3) is 5.95 Å². The molecule has 36 heavy (non-hydrogen) atoms. The van der Waals surface area contributed by atoms with Gasteiger partial charge in [0, 0.05) is 18.0 Å². The Balaban J connectivity index is 1.16. The van der Waals surface area contributed by atoms with Gasteiger partial charge in [-0.15, -0.1) is 0 Å². The maximum atomic E-state index is 12.4. The van der Waals surface area contributed by atoms with Gasteiger partial charge in [-0.05, 0) is 95.7 Å². The molecule has 0 saturated carbocycles. The van der Waals surface area contributed by atoms with Gasteiger partial charge < -0.3 is 18.8 Å². The largest absolute Gasteiger partial charge is 0.460 e. The zero-order valence-electron chi connectivity index (χ0n) is 20.2. The quantitative estimate of drug-likeness (QED) is 0.137. The first-order chi connectivity index (χ1) is 17.7. The van der Waals surface area contributed by atoms with Crippen LogP contribution in [-0.4, -0.2) is 37.1 Å². The van der Waals surface area contributed by atoms with Crippen molar-refractivity contribution in [3.8, 4) is 11.7 Å². The van der Waals surface area contributed by atoms with Crippen molar-refractivity contribution in [2.24, 2.45) is 0 Å². The average Bonchev–Trinajstić information content (AvgIpc) is 3.38. The number of fused-ring (bicyclic) bond motifs is 3. The normalized spacial score (nSPS) is 14.4. The summed E-state index contributed by atoms with van der Waals surface area (Å²) in [6.07, 6.45) is 4.67. The summed E-state index contributed by atoms with van der Waals surface area (Å²) < 4.78 is 17.2. The second-order valence-electron chi connectivity index (χ2n) is 9.49. The molecule has 1 aromatic heterocycles. The minimum atomic E-state index is -0.459. The number of benzene rings is 4. The fourth-order valence-electron chi connectivity index (χ4n) is 5.08. The van der Waals surface area contributed by atoms with Crippen LogP contribution in [-0.2, 0) is 4.74 Å². The number of carbonyl (C=O) groups excluding carboxylic acids is 1. The summed E-state index contributed by atoms with van der Waals surface area (Å²) in [5, 5.41) is 6.81. The first kappa shape index (κ1) is 22.6. The summed E-state index contributed by atoms with van der Waals surface area (Å²) in [6.45, 7) is 3.64. The molecule has 1 aliphatic heterocycles. The Morgan fingerprint density at radius 1 is 0.778 bits per heavy atom. The van der Waals surface area contributed by atoms with E-state index in [1.807, 2.05) is 12.1 Å². The summed E-state index contributed by atoms with van der Waals surface area (Å²) in [7, 11) is 0. The highest BCUT2D eigenvalue weighted by Crippen LogP contribution is 2.35. The highest BCUT2D eigenvalue weighted by molar-refractivity contribution is 6.06. The first-order valence-corrected chi connectivity index (χ1v) is 12.8. The van der Waals surface area contributed by atoms with Crippen LogP contribution in [0, 0.1) is 0 Å². The number of rotatable bonds is 7. The van der Waals surface area contributed by atoms with Gasteiger partial charge in [0.15, 0.2) is 0 Å².